The summed E-state index contributed by atoms with van der Waals surface area (Å²) in [6.07, 6.45) is 0.729. The van der Waals surface area contributed by atoms with Gasteiger partial charge < -0.3 is 5.73 Å². The summed E-state index contributed by atoms with van der Waals surface area (Å²) < 4.78 is 28.7. The van der Waals surface area contributed by atoms with Gasteiger partial charge in [-0.05, 0) is 23.6 Å². The normalized spacial score (nSPS) is 15.7. The summed E-state index contributed by atoms with van der Waals surface area (Å²) in [6, 6.07) is 13.7. The maximum Gasteiger partial charge on any atom is 0.285 e. The Kier molecular flexibility index (Phi) is 3.64. The Morgan fingerprint density at radius 2 is 1.81 bits per heavy atom. The predicted octanol–water partition coefficient (Wildman–Crippen LogP) is 3.42. The molecule has 2 nitrogen and oxygen atoms in total. The molecule has 0 spiro atoms. The number of nitrogen functional groups attached to an aromatic ring is 1. The van der Waals surface area contributed by atoms with Crippen LogP contribution in [0.2, 0.25) is 0 Å². The third-order valence-electron chi connectivity index (χ3n) is 4.00. The molecular formula is C17H18F2N2. The van der Waals surface area contributed by atoms with E-state index in [4.69, 9.17) is 5.73 Å². The number of benzene rings is 2. The number of hydrogen-bond acceptors (Lipinski definition) is 2. The smallest absolute Gasteiger partial charge is 0.285 e. The highest BCUT2D eigenvalue weighted by molar-refractivity contribution is 5.51. The lowest BCUT2D eigenvalue weighted by Gasteiger charge is -2.32. The van der Waals surface area contributed by atoms with E-state index in [1.165, 1.54) is 12.1 Å². The molecule has 0 atom stereocenters. The molecule has 110 valence electrons. The van der Waals surface area contributed by atoms with Crippen molar-refractivity contribution in [3.63, 3.8) is 0 Å². The van der Waals surface area contributed by atoms with E-state index in [0.29, 0.717) is 13.1 Å². The second-order valence-corrected chi connectivity index (χ2v) is 5.52. The Bertz CT molecular complexity index is 626. The van der Waals surface area contributed by atoms with Gasteiger partial charge in [0.15, 0.2) is 0 Å². The Balaban J connectivity index is 1.75. The number of nitrogens with zero attached hydrogens (tertiary/aromatic N) is 1. The van der Waals surface area contributed by atoms with Gasteiger partial charge in [-0.15, -0.1) is 0 Å². The minimum absolute atomic E-state index is 0.0726. The van der Waals surface area contributed by atoms with Crippen LogP contribution in [0.5, 0.6) is 0 Å². The first kappa shape index (κ1) is 14.0. The molecule has 0 aliphatic carbocycles. The van der Waals surface area contributed by atoms with Crippen LogP contribution in [-0.4, -0.2) is 18.0 Å². The summed E-state index contributed by atoms with van der Waals surface area (Å²) in [4.78, 5) is 1.80. The fourth-order valence-corrected chi connectivity index (χ4v) is 2.89. The molecular weight excluding hydrogens is 270 g/mol. The quantitative estimate of drug-likeness (QED) is 0.877. The first-order valence-corrected chi connectivity index (χ1v) is 7.08. The summed E-state index contributed by atoms with van der Waals surface area (Å²) >= 11 is 0. The summed E-state index contributed by atoms with van der Waals surface area (Å²) in [5, 5.41) is 0. The van der Waals surface area contributed by atoms with Gasteiger partial charge in [0.2, 0.25) is 0 Å². The van der Waals surface area contributed by atoms with Crippen molar-refractivity contribution in [3.05, 3.63) is 65.2 Å². The largest absolute Gasteiger partial charge is 0.398 e. The topological polar surface area (TPSA) is 29.3 Å². The van der Waals surface area contributed by atoms with Crippen LogP contribution in [0.1, 0.15) is 16.7 Å². The third-order valence-corrected chi connectivity index (χ3v) is 4.00. The van der Waals surface area contributed by atoms with Crippen LogP contribution >= 0.6 is 0 Å². The van der Waals surface area contributed by atoms with Crippen LogP contribution < -0.4 is 5.73 Å². The van der Waals surface area contributed by atoms with E-state index in [-0.39, 0.29) is 12.1 Å². The SMILES string of the molecule is Nc1cccc2c1CCN(CC(F)(F)c1ccccc1)C2. The zero-order valence-corrected chi connectivity index (χ0v) is 11.7. The Morgan fingerprint density at radius 3 is 2.57 bits per heavy atom. The van der Waals surface area contributed by atoms with Gasteiger partial charge in [0, 0.05) is 24.3 Å². The summed E-state index contributed by atoms with van der Waals surface area (Å²) in [5.74, 6) is -2.83. The van der Waals surface area contributed by atoms with Crippen LogP contribution in [0, 0.1) is 0 Å². The van der Waals surface area contributed by atoms with Gasteiger partial charge in [0.1, 0.15) is 0 Å². The molecule has 0 amide bonds. The molecule has 1 aliphatic rings. The number of rotatable bonds is 3. The molecule has 4 heteroatoms. The Morgan fingerprint density at radius 1 is 1.05 bits per heavy atom. The summed E-state index contributed by atoms with van der Waals surface area (Å²) in [6.45, 7) is 0.887. The lowest BCUT2D eigenvalue weighted by molar-refractivity contribution is -0.0410. The van der Waals surface area contributed by atoms with E-state index in [1.807, 2.05) is 18.2 Å². The van der Waals surface area contributed by atoms with E-state index in [0.717, 1.165) is 23.2 Å². The van der Waals surface area contributed by atoms with Crippen LogP contribution in [0.3, 0.4) is 0 Å². The van der Waals surface area contributed by atoms with E-state index in [2.05, 4.69) is 0 Å². The molecule has 2 aromatic carbocycles. The molecule has 0 saturated carbocycles. The molecule has 0 fully saturated rings. The fraction of sp³-hybridized carbons (Fsp3) is 0.294. The second kappa shape index (κ2) is 5.45. The van der Waals surface area contributed by atoms with Crippen LogP contribution in [0.25, 0.3) is 0 Å². The highest BCUT2D eigenvalue weighted by atomic mass is 19.3. The maximum absolute atomic E-state index is 14.3. The molecule has 0 saturated heterocycles. The zero-order valence-electron chi connectivity index (χ0n) is 11.7. The van der Waals surface area contributed by atoms with E-state index >= 15 is 0 Å². The minimum Gasteiger partial charge on any atom is -0.398 e. The predicted molar refractivity (Wildman–Crippen MR) is 80.2 cm³/mol. The number of anilines is 1. The van der Waals surface area contributed by atoms with Crippen LogP contribution in [0.4, 0.5) is 14.5 Å². The summed E-state index contributed by atoms with van der Waals surface area (Å²) in [5.41, 5.74) is 8.95. The molecule has 21 heavy (non-hydrogen) atoms. The van der Waals surface area contributed by atoms with Crippen LogP contribution in [0.15, 0.2) is 48.5 Å². The van der Waals surface area contributed by atoms with Crippen molar-refractivity contribution in [3.8, 4) is 0 Å². The third kappa shape index (κ3) is 2.90. The highest BCUT2D eigenvalue weighted by Crippen LogP contribution is 2.31. The molecule has 0 bridgehead atoms. The number of hydrogen-bond donors (Lipinski definition) is 1. The van der Waals surface area contributed by atoms with Crippen molar-refractivity contribution in [2.45, 2.75) is 18.9 Å². The van der Waals surface area contributed by atoms with Gasteiger partial charge in [-0.25, -0.2) is 0 Å². The van der Waals surface area contributed by atoms with Gasteiger partial charge in [0.05, 0.1) is 6.54 Å². The molecule has 0 aromatic heterocycles. The number of halogens is 2. The Labute approximate surface area is 123 Å². The van der Waals surface area contributed by atoms with Crippen molar-refractivity contribution in [2.75, 3.05) is 18.8 Å². The number of fused-ring (bicyclic) bond motifs is 1. The van der Waals surface area contributed by atoms with Crippen molar-refractivity contribution >= 4 is 5.69 Å². The lowest BCUT2D eigenvalue weighted by Crippen LogP contribution is -2.38. The van der Waals surface area contributed by atoms with Gasteiger partial charge in [-0.3, -0.25) is 4.90 Å². The van der Waals surface area contributed by atoms with E-state index in [9.17, 15) is 8.78 Å². The van der Waals surface area contributed by atoms with E-state index in [1.54, 1.807) is 23.1 Å². The Hall–Kier alpha value is -1.94. The molecule has 0 radical (unpaired) electrons. The van der Waals surface area contributed by atoms with Gasteiger partial charge in [0.25, 0.3) is 5.92 Å². The molecule has 1 heterocycles. The molecule has 0 unspecified atom stereocenters. The molecule has 1 aliphatic heterocycles. The van der Waals surface area contributed by atoms with Crippen molar-refractivity contribution < 1.29 is 8.78 Å². The average Bonchev–Trinajstić information content (AvgIpc) is 2.48. The van der Waals surface area contributed by atoms with Crippen LogP contribution in [-0.2, 0) is 18.9 Å². The zero-order chi connectivity index (χ0) is 14.9. The van der Waals surface area contributed by atoms with Crippen molar-refractivity contribution in [1.82, 2.24) is 4.90 Å². The fourth-order valence-electron chi connectivity index (χ4n) is 2.89. The van der Waals surface area contributed by atoms with Crippen molar-refractivity contribution in [2.24, 2.45) is 0 Å². The van der Waals surface area contributed by atoms with Gasteiger partial charge in [-0.1, -0.05) is 42.5 Å². The minimum atomic E-state index is -2.83. The molecule has 3 rings (SSSR count). The average molecular weight is 288 g/mol. The van der Waals surface area contributed by atoms with E-state index < -0.39 is 5.92 Å². The van der Waals surface area contributed by atoms with Gasteiger partial charge in [-0.2, -0.15) is 8.78 Å². The van der Waals surface area contributed by atoms with Gasteiger partial charge >= 0.3 is 0 Å². The first-order valence-electron chi connectivity index (χ1n) is 7.08. The number of nitrogens with two attached hydrogens (primary N) is 1. The standard InChI is InChI=1S/C17H18F2N2/c18-17(19,14-6-2-1-3-7-14)12-21-10-9-15-13(11-21)5-4-8-16(15)20/h1-8H,9-12,20H2. The maximum atomic E-state index is 14.3. The number of alkyl halides is 2. The first-order chi connectivity index (χ1) is 10.1. The lowest BCUT2D eigenvalue weighted by atomic mass is 9.97. The highest BCUT2D eigenvalue weighted by Gasteiger charge is 2.34. The molecule has 2 N–H and O–H groups in total. The molecule has 2 aromatic rings. The summed E-state index contributed by atoms with van der Waals surface area (Å²) in [7, 11) is 0. The second-order valence-electron chi connectivity index (χ2n) is 5.52. The monoisotopic (exact) mass is 288 g/mol. The van der Waals surface area contributed by atoms with Crippen molar-refractivity contribution in [1.29, 1.82) is 0 Å².